The van der Waals surface area contributed by atoms with Crippen molar-refractivity contribution in [1.29, 1.82) is 0 Å². The first-order valence-electron chi connectivity index (χ1n) is 5.06. The van der Waals surface area contributed by atoms with Crippen molar-refractivity contribution >= 4 is 33.4 Å². The van der Waals surface area contributed by atoms with E-state index in [0.717, 1.165) is 10.9 Å². The smallest absolute Gasteiger partial charge is 0.253 e. The molecule has 1 rings (SSSR count). The molecule has 1 amide bonds. The number of amides is 1. The molecule has 4 heteroatoms. The molecule has 1 aromatic rings. The molecule has 0 N–H and O–H groups in total. The van der Waals surface area contributed by atoms with Crippen molar-refractivity contribution in [3.8, 4) is 0 Å². The van der Waals surface area contributed by atoms with Crippen LogP contribution in [-0.2, 0) is 0 Å². The first-order chi connectivity index (χ1) is 7.45. The summed E-state index contributed by atoms with van der Waals surface area (Å²) >= 11 is 9.30. The fourth-order valence-corrected chi connectivity index (χ4v) is 2.09. The van der Waals surface area contributed by atoms with Crippen LogP contribution in [0.15, 0.2) is 18.2 Å². The second-order valence-electron chi connectivity index (χ2n) is 3.94. The lowest BCUT2D eigenvalue weighted by atomic mass is 10.1. The van der Waals surface area contributed by atoms with Crippen molar-refractivity contribution < 1.29 is 4.79 Å². The van der Waals surface area contributed by atoms with Gasteiger partial charge in [0.05, 0.1) is 0 Å². The number of carbonyl (C=O) groups is 1. The molecule has 0 aliphatic rings. The molecule has 0 aliphatic heterocycles. The number of carbonyl (C=O) groups excluding carboxylic acids is 1. The van der Waals surface area contributed by atoms with Gasteiger partial charge in [-0.25, -0.2) is 0 Å². The summed E-state index contributed by atoms with van der Waals surface area (Å²) in [6, 6.07) is 5.55. The lowest BCUT2D eigenvalue weighted by molar-refractivity contribution is 0.0758. The third-order valence-electron chi connectivity index (χ3n) is 2.49. The van der Waals surface area contributed by atoms with E-state index in [2.05, 4.69) is 15.9 Å². The number of alkyl halides is 1. The fraction of sp³-hybridized carbons (Fsp3) is 0.417. The maximum Gasteiger partial charge on any atom is 0.253 e. The van der Waals surface area contributed by atoms with Gasteiger partial charge in [-0.3, -0.25) is 4.79 Å². The Morgan fingerprint density at radius 2 is 2.12 bits per heavy atom. The number of hydrogen-bond acceptors (Lipinski definition) is 1. The minimum Gasteiger partial charge on any atom is -0.338 e. The Labute approximate surface area is 110 Å². The molecule has 0 saturated carbocycles. The number of halogens is 2. The predicted molar refractivity (Wildman–Crippen MR) is 71.5 cm³/mol. The summed E-state index contributed by atoms with van der Waals surface area (Å²) in [6.07, 6.45) is 0. The normalized spacial score (nSPS) is 12.3. The van der Waals surface area contributed by atoms with Gasteiger partial charge in [0.25, 0.3) is 5.91 Å². The van der Waals surface area contributed by atoms with Crippen LogP contribution in [0.2, 0.25) is 5.02 Å². The van der Waals surface area contributed by atoms with Crippen molar-refractivity contribution in [2.75, 3.05) is 12.4 Å². The number of nitrogens with zero attached hydrogens (tertiary/aromatic N) is 1. The molecule has 0 aliphatic carbocycles. The van der Waals surface area contributed by atoms with Crippen molar-refractivity contribution in [3.05, 3.63) is 34.3 Å². The Bertz CT molecular complexity index is 374. The average molecular weight is 305 g/mol. The molecule has 0 aromatic heterocycles. The quantitative estimate of drug-likeness (QED) is 0.783. The molecule has 0 bridgehead atoms. The average Bonchev–Trinajstić information content (AvgIpc) is 2.24. The number of hydrogen-bond donors (Lipinski definition) is 0. The SMILES string of the molecule is Cc1cc(Cl)cc(C(=O)N(C)C(C)CBr)c1. The van der Waals surface area contributed by atoms with Crippen LogP contribution in [0, 0.1) is 6.92 Å². The van der Waals surface area contributed by atoms with Crippen LogP contribution in [-0.4, -0.2) is 29.2 Å². The van der Waals surface area contributed by atoms with Gasteiger partial charge in [-0.1, -0.05) is 27.5 Å². The number of aryl methyl sites for hydroxylation is 1. The zero-order valence-corrected chi connectivity index (χ0v) is 12.0. The van der Waals surface area contributed by atoms with Crippen LogP contribution < -0.4 is 0 Å². The summed E-state index contributed by atoms with van der Waals surface area (Å²) < 4.78 is 0. The van der Waals surface area contributed by atoms with Crippen LogP contribution in [0.5, 0.6) is 0 Å². The van der Waals surface area contributed by atoms with E-state index < -0.39 is 0 Å². The van der Waals surface area contributed by atoms with Crippen molar-refractivity contribution in [2.24, 2.45) is 0 Å². The van der Waals surface area contributed by atoms with E-state index >= 15 is 0 Å². The topological polar surface area (TPSA) is 20.3 Å². The highest BCUT2D eigenvalue weighted by Crippen LogP contribution is 2.16. The summed E-state index contributed by atoms with van der Waals surface area (Å²) in [7, 11) is 1.80. The molecule has 2 nitrogen and oxygen atoms in total. The Hall–Kier alpha value is -0.540. The van der Waals surface area contributed by atoms with E-state index in [1.807, 2.05) is 26.0 Å². The Balaban J connectivity index is 2.96. The van der Waals surface area contributed by atoms with Gasteiger partial charge in [-0.2, -0.15) is 0 Å². The molecule has 1 aromatic carbocycles. The second-order valence-corrected chi connectivity index (χ2v) is 5.02. The highest BCUT2D eigenvalue weighted by Gasteiger charge is 2.16. The van der Waals surface area contributed by atoms with Gasteiger partial charge in [-0.15, -0.1) is 0 Å². The standard InChI is InChI=1S/C12H15BrClNO/c1-8-4-10(6-11(14)5-8)12(16)15(3)9(2)7-13/h4-6,9H,7H2,1-3H3. The van der Waals surface area contributed by atoms with Crippen LogP contribution >= 0.6 is 27.5 Å². The molecule has 0 heterocycles. The molecular weight excluding hydrogens is 289 g/mol. The highest BCUT2D eigenvalue weighted by atomic mass is 79.9. The molecule has 0 radical (unpaired) electrons. The van der Waals surface area contributed by atoms with Crippen LogP contribution in [0.25, 0.3) is 0 Å². The molecule has 1 atom stereocenters. The van der Waals surface area contributed by atoms with E-state index in [-0.39, 0.29) is 11.9 Å². The van der Waals surface area contributed by atoms with Crippen molar-refractivity contribution in [2.45, 2.75) is 19.9 Å². The molecule has 0 saturated heterocycles. The summed E-state index contributed by atoms with van der Waals surface area (Å²) in [5.74, 6) is -0.00227. The van der Waals surface area contributed by atoms with Gasteiger partial charge in [0.2, 0.25) is 0 Å². The summed E-state index contributed by atoms with van der Waals surface area (Å²) in [5.41, 5.74) is 1.64. The van der Waals surface area contributed by atoms with E-state index in [4.69, 9.17) is 11.6 Å². The number of benzene rings is 1. The molecule has 0 spiro atoms. The van der Waals surface area contributed by atoms with E-state index in [9.17, 15) is 4.79 Å². The number of rotatable bonds is 3. The van der Waals surface area contributed by atoms with Crippen LogP contribution in [0.4, 0.5) is 0 Å². The third-order valence-corrected chi connectivity index (χ3v) is 3.65. The maximum absolute atomic E-state index is 12.1. The Morgan fingerprint density at radius 3 is 2.62 bits per heavy atom. The minimum absolute atomic E-state index is 0.00227. The zero-order valence-electron chi connectivity index (χ0n) is 9.63. The van der Waals surface area contributed by atoms with Gasteiger partial charge in [0, 0.05) is 29.0 Å². The molecular formula is C12H15BrClNO. The van der Waals surface area contributed by atoms with Gasteiger partial charge in [0.15, 0.2) is 0 Å². The summed E-state index contributed by atoms with van der Waals surface area (Å²) in [5, 5.41) is 1.36. The Morgan fingerprint density at radius 1 is 1.50 bits per heavy atom. The maximum atomic E-state index is 12.1. The Kier molecular flexibility index (Phi) is 4.81. The van der Waals surface area contributed by atoms with E-state index in [1.54, 1.807) is 18.0 Å². The van der Waals surface area contributed by atoms with Crippen molar-refractivity contribution in [3.63, 3.8) is 0 Å². The predicted octanol–water partition coefficient (Wildman–Crippen LogP) is 3.50. The molecule has 16 heavy (non-hydrogen) atoms. The van der Waals surface area contributed by atoms with Crippen molar-refractivity contribution in [1.82, 2.24) is 4.90 Å². The molecule has 1 unspecified atom stereocenters. The van der Waals surface area contributed by atoms with E-state index in [0.29, 0.717) is 10.6 Å². The zero-order chi connectivity index (χ0) is 12.3. The fourth-order valence-electron chi connectivity index (χ4n) is 1.37. The van der Waals surface area contributed by atoms with Gasteiger partial charge < -0.3 is 4.90 Å². The van der Waals surface area contributed by atoms with Gasteiger partial charge >= 0.3 is 0 Å². The van der Waals surface area contributed by atoms with Crippen LogP contribution in [0.1, 0.15) is 22.8 Å². The first kappa shape index (κ1) is 13.5. The molecule has 88 valence electrons. The molecule has 0 fully saturated rings. The minimum atomic E-state index is -0.00227. The lowest BCUT2D eigenvalue weighted by Crippen LogP contribution is -2.36. The summed E-state index contributed by atoms with van der Waals surface area (Å²) in [6.45, 7) is 3.92. The largest absolute Gasteiger partial charge is 0.338 e. The lowest BCUT2D eigenvalue weighted by Gasteiger charge is -2.23. The third kappa shape index (κ3) is 3.22. The second kappa shape index (κ2) is 5.69. The van der Waals surface area contributed by atoms with Crippen LogP contribution in [0.3, 0.4) is 0 Å². The summed E-state index contributed by atoms with van der Waals surface area (Å²) in [4.78, 5) is 13.8. The van der Waals surface area contributed by atoms with Gasteiger partial charge in [-0.05, 0) is 37.6 Å². The first-order valence-corrected chi connectivity index (χ1v) is 6.56. The monoisotopic (exact) mass is 303 g/mol. The van der Waals surface area contributed by atoms with Gasteiger partial charge in [0.1, 0.15) is 0 Å². The van der Waals surface area contributed by atoms with E-state index in [1.165, 1.54) is 0 Å². The highest BCUT2D eigenvalue weighted by molar-refractivity contribution is 9.09.